The molecular weight excluding hydrogens is 408 g/mol. The van der Waals surface area contributed by atoms with Crippen LogP contribution >= 0.6 is 0 Å². The Morgan fingerprint density at radius 3 is 2.69 bits per heavy atom. The second-order valence-corrected chi connectivity index (χ2v) is 9.20. The van der Waals surface area contributed by atoms with Crippen molar-refractivity contribution in [2.45, 2.75) is 45.1 Å². The van der Waals surface area contributed by atoms with E-state index in [9.17, 15) is 14.4 Å². The number of carbonyl (C=O) groups excluding carboxylic acids is 3. The fraction of sp³-hybridized carbons (Fsp3) is 0.565. The first-order valence-electron chi connectivity index (χ1n) is 11.6. The average molecular weight is 439 g/mol. The highest BCUT2D eigenvalue weighted by molar-refractivity contribution is 6.07. The molecule has 0 unspecified atom stereocenters. The lowest BCUT2D eigenvalue weighted by molar-refractivity contribution is -0.137. The minimum Gasteiger partial charge on any atom is -0.336 e. The molecule has 0 atom stereocenters. The van der Waals surface area contributed by atoms with Crippen molar-refractivity contribution >= 4 is 29.0 Å². The largest absolute Gasteiger partial charge is 0.336 e. The lowest BCUT2D eigenvalue weighted by atomic mass is 9.89. The molecular formula is C23H30N6O3. The summed E-state index contributed by atoms with van der Waals surface area (Å²) in [4.78, 5) is 42.4. The molecule has 0 spiro atoms. The highest BCUT2D eigenvalue weighted by atomic mass is 16.2. The maximum Gasteiger partial charge on any atom is 0.328 e. The fourth-order valence-electron chi connectivity index (χ4n) is 5.15. The van der Waals surface area contributed by atoms with Crippen molar-refractivity contribution in [2.24, 2.45) is 5.92 Å². The lowest BCUT2D eigenvalue weighted by Crippen LogP contribution is -2.51. The predicted molar refractivity (Wildman–Crippen MR) is 119 cm³/mol. The number of nitrogens with zero attached hydrogens (tertiary/aromatic N) is 5. The Morgan fingerprint density at radius 2 is 1.91 bits per heavy atom. The van der Waals surface area contributed by atoms with Crippen LogP contribution in [0.15, 0.2) is 24.5 Å². The van der Waals surface area contributed by atoms with E-state index >= 15 is 0 Å². The summed E-state index contributed by atoms with van der Waals surface area (Å²) in [6.45, 7) is 4.08. The SMILES string of the molecule is O=C1CCN(c2cnn3ccc(CN4CCN(CC5CCCCC5)CC4=O)cc23)C(=O)N1. The van der Waals surface area contributed by atoms with E-state index in [1.165, 1.54) is 32.1 Å². The smallest absolute Gasteiger partial charge is 0.328 e. The number of hydrogen-bond donors (Lipinski definition) is 1. The lowest BCUT2D eigenvalue weighted by Gasteiger charge is -2.36. The minimum atomic E-state index is -0.425. The maximum atomic E-state index is 12.8. The second kappa shape index (κ2) is 8.90. The molecule has 0 radical (unpaired) electrons. The summed E-state index contributed by atoms with van der Waals surface area (Å²) in [7, 11) is 0. The third-order valence-corrected chi connectivity index (χ3v) is 6.92. The summed E-state index contributed by atoms with van der Waals surface area (Å²) in [5, 5.41) is 6.69. The molecule has 1 N–H and O–H groups in total. The van der Waals surface area contributed by atoms with Crippen molar-refractivity contribution in [3.63, 3.8) is 0 Å². The number of pyridine rings is 1. The van der Waals surface area contributed by atoms with Crippen LogP contribution in [0.2, 0.25) is 0 Å². The monoisotopic (exact) mass is 438 g/mol. The van der Waals surface area contributed by atoms with Gasteiger partial charge in [0.25, 0.3) is 0 Å². The van der Waals surface area contributed by atoms with Gasteiger partial charge in [-0.3, -0.25) is 24.7 Å². The van der Waals surface area contributed by atoms with E-state index in [2.05, 4.69) is 15.3 Å². The fourth-order valence-corrected chi connectivity index (χ4v) is 5.15. The molecule has 3 aliphatic rings. The maximum absolute atomic E-state index is 12.8. The van der Waals surface area contributed by atoms with Crippen LogP contribution in [0.1, 0.15) is 44.1 Å². The number of amides is 4. The van der Waals surface area contributed by atoms with Gasteiger partial charge in [0.15, 0.2) is 0 Å². The van der Waals surface area contributed by atoms with E-state index in [1.807, 2.05) is 23.2 Å². The van der Waals surface area contributed by atoms with Crippen molar-refractivity contribution < 1.29 is 14.4 Å². The molecule has 4 amide bonds. The Hall–Kier alpha value is -2.94. The van der Waals surface area contributed by atoms with Gasteiger partial charge in [-0.05, 0) is 36.5 Å². The number of urea groups is 1. The Kier molecular flexibility index (Phi) is 5.82. The molecule has 4 heterocycles. The molecule has 2 aromatic heterocycles. The van der Waals surface area contributed by atoms with Crippen LogP contribution in [0.3, 0.4) is 0 Å². The van der Waals surface area contributed by atoms with Crippen LogP contribution in [-0.2, 0) is 16.1 Å². The predicted octanol–water partition coefficient (Wildman–Crippen LogP) is 2.01. The molecule has 2 aliphatic heterocycles. The van der Waals surface area contributed by atoms with Gasteiger partial charge in [-0.2, -0.15) is 5.10 Å². The zero-order valence-corrected chi connectivity index (χ0v) is 18.3. The Bertz CT molecular complexity index is 1030. The van der Waals surface area contributed by atoms with E-state index < -0.39 is 6.03 Å². The van der Waals surface area contributed by atoms with Crippen molar-refractivity contribution in [3.8, 4) is 0 Å². The number of nitrogens with one attached hydrogen (secondary N) is 1. The molecule has 5 rings (SSSR count). The van der Waals surface area contributed by atoms with Crippen LogP contribution in [0.25, 0.3) is 5.52 Å². The first-order chi connectivity index (χ1) is 15.6. The van der Waals surface area contributed by atoms with Gasteiger partial charge >= 0.3 is 6.03 Å². The Morgan fingerprint density at radius 1 is 1.06 bits per heavy atom. The van der Waals surface area contributed by atoms with Crippen LogP contribution < -0.4 is 10.2 Å². The summed E-state index contributed by atoms with van der Waals surface area (Å²) in [6, 6.07) is 3.52. The summed E-state index contributed by atoms with van der Waals surface area (Å²) in [6.07, 6.45) is 10.4. The van der Waals surface area contributed by atoms with Gasteiger partial charge in [-0.25, -0.2) is 9.31 Å². The van der Waals surface area contributed by atoms with Gasteiger partial charge in [0.2, 0.25) is 11.8 Å². The van der Waals surface area contributed by atoms with E-state index in [4.69, 9.17) is 0 Å². The van der Waals surface area contributed by atoms with E-state index in [-0.39, 0.29) is 18.2 Å². The van der Waals surface area contributed by atoms with Crippen LogP contribution in [0.5, 0.6) is 0 Å². The molecule has 9 heteroatoms. The first-order valence-corrected chi connectivity index (χ1v) is 11.6. The number of carbonyl (C=O) groups is 3. The number of piperazine rings is 1. The van der Waals surface area contributed by atoms with Gasteiger partial charge in [0, 0.05) is 45.3 Å². The summed E-state index contributed by atoms with van der Waals surface area (Å²) < 4.78 is 1.71. The molecule has 0 aromatic carbocycles. The highest BCUT2D eigenvalue weighted by Crippen LogP contribution is 2.26. The minimum absolute atomic E-state index is 0.176. The van der Waals surface area contributed by atoms with Gasteiger partial charge < -0.3 is 4.90 Å². The second-order valence-electron chi connectivity index (χ2n) is 9.20. The zero-order valence-electron chi connectivity index (χ0n) is 18.3. The quantitative estimate of drug-likeness (QED) is 0.771. The molecule has 1 aliphatic carbocycles. The molecule has 32 heavy (non-hydrogen) atoms. The van der Waals surface area contributed by atoms with E-state index in [1.54, 1.807) is 15.6 Å². The third-order valence-electron chi connectivity index (χ3n) is 6.92. The third kappa shape index (κ3) is 4.34. The molecule has 2 saturated heterocycles. The van der Waals surface area contributed by atoms with Crippen molar-refractivity contribution in [2.75, 3.05) is 37.6 Å². The summed E-state index contributed by atoms with van der Waals surface area (Å²) in [5.74, 6) is 0.659. The Labute approximate surface area is 187 Å². The number of aromatic nitrogens is 2. The summed E-state index contributed by atoms with van der Waals surface area (Å²) in [5.41, 5.74) is 2.46. The molecule has 3 fully saturated rings. The molecule has 9 nitrogen and oxygen atoms in total. The molecule has 0 bridgehead atoms. The van der Waals surface area contributed by atoms with Crippen LogP contribution in [-0.4, -0.2) is 70.0 Å². The number of fused-ring (bicyclic) bond motifs is 1. The molecule has 1 saturated carbocycles. The standard InChI is InChI=1S/C23H30N6O3/c30-21-7-8-28(23(32)25-21)20-13-24-29-9-6-18(12-19(20)29)15-27-11-10-26(16-22(27)31)14-17-4-2-1-3-5-17/h6,9,12-13,17H,1-5,7-8,10-11,14-16H2,(H,25,30,32). The van der Waals surface area contributed by atoms with Crippen molar-refractivity contribution in [3.05, 3.63) is 30.1 Å². The van der Waals surface area contributed by atoms with Crippen LogP contribution in [0, 0.1) is 5.92 Å². The number of anilines is 1. The van der Waals surface area contributed by atoms with Gasteiger partial charge in [0.05, 0.1) is 23.9 Å². The zero-order chi connectivity index (χ0) is 22.1. The number of imide groups is 1. The molecule has 170 valence electrons. The normalized spacial score (nSPS) is 21.4. The number of rotatable bonds is 5. The number of hydrogen-bond acceptors (Lipinski definition) is 5. The van der Waals surface area contributed by atoms with E-state index in [0.29, 0.717) is 25.3 Å². The highest BCUT2D eigenvalue weighted by Gasteiger charge is 2.28. The van der Waals surface area contributed by atoms with Gasteiger partial charge in [0.1, 0.15) is 0 Å². The van der Waals surface area contributed by atoms with Crippen LogP contribution in [0.4, 0.5) is 10.5 Å². The average Bonchev–Trinajstić information content (AvgIpc) is 3.19. The van der Waals surface area contributed by atoms with Gasteiger partial charge in [-0.15, -0.1) is 0 Å². The van der Waals surface area contributed by atoms with Crippen molar-refractivity contribution in [1.29, 1.82) is 0 Å². The van der Waals surface area contributed by atoms with Crippen molar-refractivity contribution in [1.82, 2.24) is 24.7 Å². The Balaban J connectivity index is 1.25. The topological polar surface area (TPSA) is 90.3 Å². The van der Waals surface area contributed by atoms with E-state index in [0.717, 1.165) is 36.6 Å². The first kappa shape index (κ1) is 20.9. The van der Waals surface area contributed by atoms with Gasteiger partial charge in [-0.1, -0.05) is 19.3 Å². The summed E-state index contributed by atoms with van der Waals surface area (Å²) >= 11 is 0. The molecule has 2 aromatic rings.